The number of hydrogen-bond donors (Lipinski definition) is 1. The fourth-order valence-corrected chi connectivity index (χ4v) is 2.57. The van der Waals surface area contributed by atoms with E-state index in [1.807, 2.05) is 36.4 Å². The summed E-state index contributed by atoms with van der Waals surface area (Å²) in [4.78, 5) is 11.1. The highest BCUT2D eigenvalue weighted by Crippen LogP contribution is 2.32. The number of nitrogens with one attached hydrogen (secondary N) is 1. The third kappa shape index (κ3) is 1.96. The van der Waals surface area contributed by atoms with Gasteiger partial charge in [0.25, 0.3) is 0 Å². The maximum absolute atomic E-state index is 11.1. The van der Waals surface area contributed by atoms with Gasteiger partial charge >= 0.3 is 0 Å². The molecule has 1 amide bonds. The van der Waals surface area contributed by atoms with Gasteiger partial charge in [-0.15, -0.1) is 0 Å². The highest BCUT2D eigenvalue weighted by Gasteiger charge is 2.22. The quantitative estimate of drug-likeness (QED) is 0.857. The van der Waals surface area contributed by atoms with Crippen LogP contribution in [0.25, 0.3) is 10.8 Å². The lowest BCUT2D eigenvalue weighted by Crippen LogP contribution is -2.38. The number of carbonyl (C=O) groups excluding carboxylic acids is 1. The largest absolute Gasteiger partial charge is 0.362 e. The normalized spacial score (nSPS) is 19.8. The molecular formula is C14H12ClNO2. The van der Waals surface area contributed by atoms with Crippen LogP contribution in [-0.4, -0.2) is 19.1 Å². The molecule has 3 rings (SSSR count). The number of morpholine rings is 1. The summed E-state index contributed by atoms with van der Waals surface area (Å²) in [6.07, 6.45) is -0.133. The molecule has 4 heteroatoms. The van der Waals surface area contributed by atoms with Gasteiger partial charge in [-0.05, 0) is 17.0 Å². The summed E-state index contributed by atoms with van der Waals surface area (Å²) >= 11 is 6.27. The molecule has 0 aliphatic carbocycles. The number of hydrogen-bond acceptors (Lipinski definition) is 2. The van der Waals surface area contributed by atoms with E-state index in [4.69, 9.17) is 16.3 Å². The lowest BCUT2D eigenvalue weighted by atomic mass is 9.99. The molecule has 3 nitrogen and oxygen atoms in total. The molecule has 0 bridgehead atoms. The van der Waals surface area contributed by atoms with E-state index in [9.17, 15) is 4.79 Å². The Labute approximate surface area is 110 Å². The SMILES string of the molecule is O=C1COC(c2cccc3cccc(Cl)c23)CN1. The summed E-state index contributed by atoms with van der Waals surface area (Å²) in [6.45, 7) is 0.592. The van der Waals surface area contributed by atoms with Gasteiger partial charge in [0.15, 0.2) is 0 Å². The first-order valence-electron chi connectivity index (χ1n) is 5.81. The minimum absolute atomic E-state index is 0.0717. The standard InChI is InChI=1S/C14H12ClNO2/c15-11-6-2-4-9-3-1-5-10(14(9)11)12-7-16-13(17)8-18-12/h1-6,12H,7-8H2,(H,16,17). The predicted molar refractivity (Wildman–Crippen MR) is 70.7 cm³/mol. The van der Waals surface area contributed by atoms with E-state index in [-0.39, 0.29) is 18.6 Å². The second kappa shape index (κ2) is 4.59. The van der Waals surface area contributed by atoms with Gasteiger partial charge in [0.1, 0.15) is 12.7 Å². The van der Waals surface area contributed by atoms with Crippen LogP contribution >= 0.6 is 11.6 Å². The van der Waals surface area contributed by atoms with Crippen molar-refractivity contribution in [1.82, 2.24) is 5.32 Å². The molecule has 1 heterocycles. The number of benzene rings is 2. The Morgan fingerprint density at radius 2 is 2.00 bits per heavy atom. The molecule has 0 radical (unpaired) electrons. The van der Waals surface area contributed by atoms with Crippen LogP contribution in [0.4, 0.5) is 0 Å². The van der Waals surface area contributed by atoms with E-state index >= 15 is 0 Å². The van der Waals surface area contributed by atoms with Crippen molar-refractivity contribution in [3.63, 3.8) is 0 Å². The lowest BCUT2D eigenvalue weighted by Gasteiger charge is -2.24. The molecule has 92 valence electrons. The minimum atomic E-state index is -0.133. The third-order valence-electron chi connectivity index (χ3n) is 3.13. The zero-order valence-electron chi connectivity index (χ0n) is 9.65. The van der Waals surface area contributed by atoms with Crippen molar-refractivity contribution in [1.29, 1.82) is 0 Å². The van der Waals surface area contributed by atoms with Gasteiger partial charge < -0.3 is 10.1 Å². The zero-order chi connectivity index (χ0) is 12.5. The number of halogens is 1. The molecule has 1 atom stereocenters. The molecule has 18 heavy (non-hydrogen) atoms. The van der Waals surface area contributed by atoms with Crippen molar-refractivity contribution >= 4 is 28.3 Å². The average Bonchev–Trinajstić information content (AvgIpc) is 2.39. The first kappa shape index (κ1) is 11.5. The molecular weight excluding hydrogens is 250 g/mol. The topological polar surface area (TPSA) is 38.3 Å². The van der Waals surface area contributed by atoms with Crippen LogP contribution in [0.5, 0.6) is 0 Å². The maximum Gasteiger partial charge on any atom is 0.246 e. The molecule has 1 fully saturated rings. The second-order valence-electron chi connectivity index (χ2n) is 4.29. The molecule has 0 saturated carbocycles. The van der Waals surface area contributed by atoms with Crippen LogP contribution in [-0.2, 0) is 9.53 Å². The van der Waals surface area contributed by atoms with Crippen LogP contribution in [0.3, 0.4) is 0 Å². The van der Waals surface area contributed by atoms with Crippen molar-refractivity contribution in [2.24, 2.45) is 0 Å². The van der Waals surface area contributed by atoms with Crippen LogP contribution in [0.1, 0.15) is 11.7 Å². The highest BCUT2D eigenvalue weighted by molar-refractivity contribution is 6.35. The Balaban J connectivity index is 2.09. The van der Waals surface area contributed by atoms with E-state index in [1.54, 1.807) is 0 Å². The highest BCUT2D eigenvalue weighted by atomic mass is 35.5. The first-order valence-corrected chi connectivity index (χ1v) is 6.19. The average molecular weight is 262 g/mol. The summed E-state index contributed by atoms with van der Waals surface area (Å²) in [5.74, 6) is -0.0717. The monoisotopic (exact) mass is 261 g/mol. The van der Waals surface area contributed by atoms with Crippen LogP contribution in [0.15, 0.2) is 36.4 Å². The zero-order valence-corrected chi connectivity index (χ0v) is 10.4. The smallest absolute Gasteiger partial charge is 0.246 e. The van der Waals surface area contributed by atoms with Crippen LogP contribution < -0.4 is 5.32 Å². The van der Waals surface area contributed by atoms with Gasteiger partial charge in [0.05, 0.1) is 0 Å². The number of ether oxygens (including phenoxy) is 1. The molecule has 0 spiro atoms. The summed E-state index contributed by atoms with van der Waals surface area (Å²) in [5, 5.41) is 5.61. The summed E-state index contributed by atoms with van der Waals surface area (Å²) in [5.41, 5.74) is 1.03. The van der Waals surface area contributed by atoms with Crippen molar-refractivity contribution in [2.75, 3.05) is 13.2 Å². The van der Waals surface area contributed by atoms with E-state index in [0.29, 0.717) is 11.6 Å². The summed E-state index contributed by atoms with van der Waals surface area (Å²) in [7, 11) is 0. The van der Waals surface area contributed by atoms with E-state index in [2.05, 4.69) is 5.32 Å². The van der Waals surface area contributed by atoms with Gasteiger partial charge in [-0.3, -0.25) is 4.79 Å². The van der Waals surface area contributed by atoms with E-state index in [1.165, 1.54) is 0 Å². The Hall–Kier alpha value is -1.58. The maximum atomic E-state index is 11.1. The molecule has 2 aromatic rings. The van der Waals surface area contributed by atoms with Crippen molar-refractivity contribution in [3.05, 3.63) is 47.0 Å². The van der Waals surface area contributed by atoms with Gasteiger partial charge in [0.2, 0.25) is 5.91 Å². The molecule has 1 N–H and O–H groups in total. The predicted octanol–water partition coefficient (Wildman–Crippen LogP) is 2.68. The number of amides is 1. The Bertz CT molecular complexity index is 597. The Morgan fingerprint density at radius 3 is 2.72 bits per heavy atom. The Morgan fingerprint density at radius 1 is 1.22 bits per heavy atom. The molecule has 1 aliphatic rings. The number of carbonyl (C=O) groups is 1. The van der Waals surface area contributed by atoms with E-state index < -0.39 is 0 Å². The fourth-order valence-electron chi connectivity index (χ4n) is 2.28. The minimum Gasteiger partial charge on any atom is -0.362 e. The lowest BCUT2D eigenvalue weighted by molar-refractivity contribution is -0.133. The van der Waals surface area contributed by atoms with Gasteiger partial charge in [-0.2, -0.15) is 0 Å². The van der Waals surface area contributed by atoms with E-state index in [0.717, 1.165) is 16.3 Å². The molecule has 1 saturated heterocycles. The van der Waals surface area contributed by atoms with Crippen molar-refractivity contribution in [3.8, 4) is 0 Å². The number of rotatable bonds is 1. The van der Waals surface area contributed by atoms with Gasteiger partial charge in [-0.25, -0.2) is 0 Å². The van der Waals surface area contributed by atoms with Crippen LogP contribution in [0.2, 0.25) is 5.02 Å². The molecule has 1 aliphatic heterocycles. The van der Waals surface area contributed by atoms with Gasteiger partial charge in [0, 0.05) is 17.0 Å². The van der Waals surface area contributed by atoms with Gasteiger partial charge in [-0.1, -0.05) is 41.9 Å². The number of fused-ring (bicyclic) bond motifs is 1. The molecule has 1 unspecified atom stereocenters. The third-order valence-corrected chi connectivity index (χ3v) is 3.45. The van der Waals surface area contributed by atoms with Crippen molar-refractivity contribution < 1.29 is 9.53 Å². The molecule has 0 aromatic heterocycles. The Kier molecular flexibility index (Phi) is 2.94. The second-order valence-corrected chi connectivity index (χ2v) is 4.70. The molecule has 2 aromatic carbocycles. The fraction of sp³-hybridized carbons (Fsp3) is 0.214. The summed E-state index contributed by atoms with van der Waals surface area (Å²) < 4.78 is 5.57. The first-order chi connectivity index (χ1) is 8.75. The van der Waals surface area contributed by atoms with Crippen LogP contribution in [0, 0.1) is 0 Å². The summed E-state index contributed by atoms with van der Waals surface area (Å²) in [6, 6.07) is 11.8. The van der Waals surface area contributed by atoms with Crippen molar-refractivity contribution in [2.45, 2.75) is 6.10 Å².